The van der Waals surface area contributed by atoms with E-state index in [0.717, 1.165) is 18.7 Å². The van der Waals surface area contributed by atoms with Crippen LogP contribution in [0.3, 0.4) is 0 Å². The van der Waals surface area contributed by atoms with Crippen LogP contribution in [0.25, 0.3) is 10.8 Å². The highest BCUT2D eigenvalue weighted by Crippen LogP contribution is 2.15. The molecular formula is C15H19NOS. The van der Waals surface area contributed by atoms with Crippen LogP contribution in [0.5, 0.6) is 0 Å². The lowest BCUT2D eigenvalue weighted by molar-refractivity contribution is 0.168. The lowest BCUT2D eigenvalue weighted by Gasteiger charge is -2.10. The van der Waals surface area contributed by atoms with Crippen LogP contribution in [-0.2, 0) is 6.54 Å². The molecule has 0 bridgehead atoms. The Kier molecular flexibility index (Phi) is 5.05. The predicted octanol–water partition coefficient (Wildman–Crippen LogP) is 2.61. The molecule has 2 aromatic carbocycles. The van der Waals surface area contributed by atoms with Gasteiger partial charge in [0.15, 0.2) is 0 Å². The minimum absolute atomic E-state index is 0.303. The highest BCUT2D eigenvalue weighted by Gasteiger charge is 2.02. The van der Waals surface area contributed by atoms with Crippen LogP contribution >= 0.6 is 12.6 Å². The minimum Gasteiger partial charge on any atom is -0.392 e. The van der Waals surface area contributed by atoms with E-state index in [1.165, 1.54) is 16.3 Å². The van der Waals surface area contributed by atoms with Crippen molar-refractivity contribution in [1.82, 2.24) is 5.32 Å². The van der Waals surface area contributed by atoms with Crippen LogP contribution in [0, 0.1) is 0 Å². The Balaban J connectivity index is 1.91. The summed E-state index contributed by atoms with van der Waals surface area (Å²) in [4.78, 5) is 0. The molecule has 0 saturated carbocycles. The summed E-state index contributed by atoms with van der Waals surface area (Å²) in [6.07, 6.45) is 0.427. The average molecular weight is 261 g/mol. The van der Waals surface area contributed by atoms with Crippen molar-refractivity contribution < 1.29 is 5.11 Å². The number of thiol groups is 1. The molecule has 1 unspecified atom stereocenters. The van der Waals surface area contributed by atoms with Gasteiger partial charge in [0.05, 0.1) is 6.10 Å². The third kappa shape index (κ3) is 3.73. The molecule has 2 aromatic rings. The maximum atomic E-state index is 9.59. The lowest BCUT2D eigenvalue weighted by Crippen LogP contribution is -2.26. The molecule has 0 radical (unpaired) electrons. The summed E-state index contributed by atoms with van der Waals surface area (Å²) in [5, 5.41) is 15.4. The maximum absolute atomic E-state index is 9.59. The van der Waals surface area contributed by atoms with Crippen LogP contribution in [0.2, 0.25) is 0 Å². The van der Waals surface area contributed by atoms with E-state index in [2.05, 4.69) is 54.3 Å². The Morgan fingerprint density at radius 3 is 2.67 bits per heavy atom. The number of aliphatic hydroxyl groups excluding tert-OH is 1. The smallest absolute Gasteiger partial charge is 0.0672 e. The molecule has 2 N–H and O–H groups in total. The second kappa shape index (κ2) is 6.78. The number of rotatable bonds is 6. The first-order chi connectivity index (χ1) is 8.79. The molecule has 18 heavy (non-hydrogen) atoms. The van der Waals surface area contributed by atoms with Gasteiger partial charge >= 0.3 is 0 Å². The van der Waals surface area contributed by atoms with E-state index in [0.29, 0.717) is 6.54 Å². The average Bonchev–Trinajstić information content (AvgIpc) is 2.39. The summed E-state index contributed by atoms with van der Waals surface area (Å²) in [5.74, 6) is 0.721. The molecule has 0 fully saturated rings. The van der Waals surface area contributed by atoms with Gasteiger partial charge in [-0.15, -0.1) is 0 Å². The molecule has 0 aliphatic heterocycles. The van der Waals surface area contributed by atoms with Crippen molar-refractivity contribution in [1.29, 1.82) is 0 Å². The summed E-state index contributed by atoms with van der Waals surface area (Å²) in [7, 11) is 0. The van der Waals surface area contributed by atoms with Gasteiger partial charge in [-0.3, -0.25) is 0 Å². The topological polar surface area (TPSA) is 32.3 Å². The highest BCUT2D eigenvalue weighted by atomic mass is 32.1. The maximum Gasteiger partial charge on any atom is 0.0672 e. The summed E-state index contributed by atoms with van der Waals surface area (Å²) >= 11 is 4.10. The quantitative estimate of drug-likeness (QED) is 0.698. The molecule has 96 valence electrons. The molecule has 0 aliphatic carbocycles. The van der Waals surface area contributed by atoms with Gasteiger partial charge in [-0.05, 0) is 34.6 Å². The van der Waals surface area contributed by atoms with Crippen molar-refractivity contribution in [3.8, 4) is 0 Å². The van der Waals surface area contributed by atoms with E-state index in [1.807, 2.05) is 6.07 Å². The van der Waals surface area contributed by atoms with Gasteiger partial charge in [0.1, 0.15) is 0 Å². The number of nitrogens with one attached hydrogen (secondary N) is 1. The lowest BCUT2D eigenvalue weighted by atomic mass is 10.1. The Hall–Kier alpha value is -1.03. The second-order valence-electron chi connectivity index (χ2n) is 4.48. The fourth-order valence-corrected chi connectivity index (χ4v) is 2.28. The molecule has 0 spiro atoms. The van der Waals surface area contributed by atoms with Gasteiger partial charge < -0.3 is 10.4 Å². The Morgan fingerprint density at radius 2 is 1.89 bits per heavy atom. The molecule has 0 heterocycles. The first-order valence-corrected chi connectivity index (χ1v) is 6.90. The molecular weight excluding hydrogens is 242 g/mol. The Morgan fingerprint density at radius 1 is 1.11 bits per heavy atom. The van der Waals surface area contributed by atoms with Crippen LogP contribution in [-0.4, -0.2) is 23.5 Å². The largest absolute Gasteiger partial charge is 0.392 e. The summed E-state index contributed by atoms with van der Waals surface area (Å²) in [6.45, 7) is 1.40. The fourth-order valence-electron chi connectivity index (χ4n) is 1.98. The first kappa shape index (κ1) is 13.4. The summed E-state index contributed by atoms with van der Waals surface area (Å²) in [6, 6.07) is 14.8. The van der Waals surface area contributed by atoms with Gasteiger partial charge in [0.25, 0.3) is 0 Å². The van der Waals surface area contributed by atoms with E-state index >= 15 is 0 Å². The zero-order chi connectivity index (χ0) is 12.8. The van der Waals surface area contributed by atoms with Gasteiger partial charge in [-0.2, -0.15) is 12.6 Å². The standard InChI is InChI=1S/C15H19NOS/c17-15(7-8-18)11-16-10-12-5-6-13-3-1-2-4-14(13)9-12/h1-6,9,15-18H,7-8,10-11H2. The van der Waals surface area contributed by atoms with E-state index in [-0.39, 0.29) is 6.10 Å². The zero-order valence-electron chi connectivity index (χ0n) is 10.3. The van der Waals surface area contributed by atoms with Crippen LogP contribution in [0.1, 0.15) is 12.0 Å². The van der Waals surface area contributed by atoms with Crippen LogP contribution in [0.15, 0.2) is 42.5 Å². The molecule has 0 amide bonds. The van der Waals surface area contributed by atoms with E-state index < -0.39 is 0 Å². The number of benzene rings is 2. The highest BCUT2D eigenvalue weighted by molar-refractivity contribution is 7.80. The van der Waals surface area contributed by atoms with Crippen molar-refractivity contribution in [3.05, 3.63) is 48.0 Å². The van der Waals surface area contributed by atoms with Gasteiger partial charge in [0, 0.05) is 13.1 Å². The van der Waals surface area contributed by atoms with Crippen molar-refractivity contribution in [3.63, 3.8) is 0 Å². The molecule has 0 saturated heterocycles. The number of fused-ring (bicyclic) bond motifs is 1. The van der Waals surface area contributed by atoms with Crippen molar-refractivity contribution in [2.24, 2.45) is 0 Å². The van der Waals surface area contributed by atoms with Gasteiger partial charge in [-0.1, -0.05) is 36.4 Å². The van der Waals surface area contributed by atoms with Gasteiger partial charge in [-0.25, -0.2) is 0 Å². The predicted molar refractivity (Wildman–Crippen MR) is 80.1 cm³/mol. The Labute approximate surface area is 113 Å². The van der Waals surface area contributed by atoms with Crippen molar-refractivity contribution >= 4 is 23.4 Å². The molecule has 0 aromatic heterocycles. The third-order valence-electron chi connectivity index (χ3n) is 2.99. The van der Waals surface area contributed by atoms with E-state index in [9.17, 15) is 5.11 Å². The van der Waals surface area contributed by atoms with E-state index in [4.69, 9.17) is 0 Å². The minimum atomic E-state index is -0.303. The third-order valence-corrected chi connectivity index (χ3v) is 3.24. The molecule has 0 aliphatic rings. The summed E-state index contributed by atoms with van der Waals surface area (Å²) in [5.41, 5.74) is 1.24. The molecule has 3 heteroatoms. The van der Waals surface area contributed by atoms with Crippen molar-refractivity contribution in [2.45, 2.75) is 19.1 Å². The summed E-state index contributed by atoms with van der Waals surface area (Å²) < 4.78 is 0. The first-order valence-electron chi connectivity index (χ1n) is 6.27. The second-order valence-corrected chi connectivity index (χ2v) is 4.93. The van der Waals surface area contributed by atoms with Gasteiger partial charge in [0.2, 0.25) is 0 Å². The fraction of sp³-hybridized carbons (Fsp3) is 0.333. The number of hydrogen-bond donors (Lipinski definition) is 3. The molecule has 2 nitrogen and oxygen atoms in total. The number of aliphatic hydroxyl groups is 1. The van der Waals surface area contributed by atoms with Crippen molar-refractivity contribution in [2.75, 3.05) is 12.3 Å². The molecule has 1 atom stereocenters. The molecule has 2 rings (SSSR count). The van der Waals surface area contributed by atoms with Crippen LogP contribution < -0.4 is 5.32 Å². The normalized spacial score (nSPS) is 12.8. The SMILES string of the molecule is OC(CCS)CNCc1ccc2ccccc2c1. The van der Waals surface area contributed by atoms with Crippen LogP contribution in [0.4, 0.5) is 0 Å². The Bertz CT molecular complexity index is 501. The number of hydrogen-bond acceptors (Lipinski definition) is 3. The van der Waals surface area contributed by atoms with E-state index in [1.54, 1.807) is 0 Å². The monoisotopic (exact) mass is 261 g/mol. The zero-order valence-corrected chi connectivity index (χ0v) is 11.2.